The van der Waals surface area contributed by atoms with Crippen LogP contribution in [0, 0.1) is 5.82 Å². The fraction of sp³-hybridized carbons (Fsp3) is 0.143. The van der Waals surface area contributed by atoms with Gasteiger partial charge in [-0.25, -0.2) is 4.39 Å². The number of aliphatic hydroxyl groups is 1. The largest absolute Gasteiger partial charge is 0.381 e. The molecule has 1 N–H and O–H groups in total. The lowest BCUT2D eigenvalue weighted by molar-refractivity contribution is 0.0979. The van der Waals surface area contributed by atoms with Gasteiger partial charge in [0.2, 0.25) is 0 Å². The fourth-order valence-corrected chi connectivity index (χ4v) is 3.13. The first kappa shape index (κ1) is 15.0. The molecule has 0 aliphatic rings. The Labute approximate surface area is 132 Å². The second kappa shape index (κ2) is 5.52. The minimum Gasteiger partial charge on any atom is -0.381 e. The van der Waals surface area contributed by atoms with E-state index in [2.05, 4.69) is 31.9 Å². The van der Waals surface area contributed by atoms with Gasteiger partial charge < -0.3 is 5.11 Å². The zero-order chi connectivity index (χ0) is 14.2. The Hall–Kier alpha value is -0.420. The summed E-state index contributed by atoms with van der Waals surface area (Å²) in [7, 11) is 0. The van der Waals surface area contributed by atoms with Crippen molar-refractivity contribution in [2.75, 3.05) is 0 Å². The van der Waals surface area contributed by atoms with Crippen molar-refractivity contribution in [2.24, 2.45) is 0 Å². The Bertz CT molecular complexity index is 629. The minimum atomic E-state index is -1.51. The maximum atomic E-state index is 14.1. The third-order valence-corrected chi connectivity index (χ3v) is 4.35. The third-order valence-electron chi connectivity index (χ3n) is 2.93. The minimum absolute atomic E-state index is 0.172. The van der Waals surface area contributed by atoms with Crippen molar-refractivity contribution in [3.05, 3.63) is 67.3 Å². The second-order valence-electron chi connectivity index (χ2n) is 4.30. The Morgan fingerprint density at radius 3 is 2.47 bits per heavy atom. The van der Waals surface area contributed by atoms with Gasteiger partial charge >= 0.3 is 0 Å². The van der Waals surface area contributed by atoms with E-state index in [9.17, 15) is 9.50 Å². The van der Waals surface area contributed by atoms with Crippen molar-refractivity contribution in [1.82, 2.24) is 0 Å². The molecule has 0 aliphatic heterocycles. The molecule has 0 aliphatic carbocycles. The molecule has 0 radical (unpaired) electrons. The summed E-state index contributed by atoms with van der Waals surface area (Å²) in [6.45, 7) is 1.52. The van der Waals surface area contributed by atoms with E-state index in [1.807, 2.05) is 0 Å². The Morgan fingerprint density at radius 1 is 1.16 bits per heavy atom. The van der Waals surface area contributed by atoms with E-state index in [0.717, 1.165) is 4.47 Å². The Morgan fingerprint density at radius 2 is 1.84 bits per heavy atom. The van der Waals surface area contributed by atoms with Crippen LogP contribution in [-0.4, -0.2) is 5.11 Å². The molecule has 2 aromatic rings. The molecule has 0 saturated carbocycles. The van der Waals surface area contributed by atoms with Crippen LogP contribution in [0.15, 0.2) is 45.3 Å². The van der Waals surface area contributed by atoms with Gasteiger partial charge in [-0.2, -0.15) is 0 Å². The van der Waals surface area contributed by atoms with Crippen LogP contribution in [0.3, 0.4) is 0 Å². The fourth-order valence-electron chi connectivity index (χ4n) is 1.91. The van der Waals surface area contributed by atoms with Gasteiger partial charge in [-0.1, -0.05) is 45.7 Å². The molecule has 1 unspecified atom stereocenters. The summed E-state index contributed by atoms with van der Waals surface area (Å²) in [4.78, 5) is 0. The highest BCUT2D eigenvalue weighted by molar-refractivity contribution is 9.10. The first-order valence-corrected chi connectivity index (χ1v) is 7.43. The summed E-state index contributed by atoms with van der Waals surface area (Å²) in [5.74, 6) is -0.494. The molecule has 1 atom stereocenters. The molecule has 0 aromatic heterocycles. The predicted molar refractivity (Wildman–Crippen MR) is 81.9 cm³/mol. The quantitative estimate of drug-likeness (QED) is 0.719. The summed E-state index contributed by atoms with van der Waals surface area (Å²) < 4.78 is 15.2. The number of rotatable bonds is 2. The summed E-state index contributed by atoms with van der Waals surface area (Å²) >= 11 is 12.5. The summed E-state index contributed by atoms with van der Waals surface area (Å²) in [5.41, 5.74) is -0.883. The summed E-state index contributed by atoms with van der Waals surface area (Å²) in [5, 5.41) is 11.0. The van der Waals surface area contributed by atoms with Gasteiger partial charge in [0.05, 0.1) is 4.47 Å². The highest BCUT2D eigenvalue weighted by atomic mass is 79.9. The zero-order valence-electron chi connectivity index (χ0n) is 9.92. The second-order valence-corrected chi connectivity index (χ2v) is 6.47. The van der Waals surface area contributed by atoms with E-state index in [1.54, 1.807) is 36.4 Å². The molecule has 5 heteroatoms. The van der Waals surface area contributed by atoms with Crippen LogP contribution in [0.5, 0.6) is 0 Å². The normalized spacial score (nSPS) is 14.2. The van der Waals surface area contributed by atoms with Crippen LogP contribution in [0.2, 0.25) is 5.02 Å². The van der Waals surface area contributed by atoms with Gasteiger partial charge in [0.15, 0.2) is 0 Å². The SMILES string of the molecule is CC(O)(c1ccc(Br)cc1Cl)c1cccc(Br)c1F. The van der Waals surface area contributed by atoms with E-state index in [4.69, 9.17) is 11.6 Å². The van der Waals surface area contributed by atoms with Gasteiger partial charge in [-0.15, -0.1) is 0 Å². The lowest BCUT2D eigenvalue weighted by Crippen LogP contribution is -2.25. The van der Waals surface area contributed by atoms with Crippen molar-refractivity contribution in [3.8, 4) is 0 Å². The lowest BCUT2D eigenvalue weighted by atomic mass is 9.88. The number of halogens is 4. The molecule has 0 saturated heterocycles. The summed E-state index contributed by atoms with van der Waals surface area (Å²) in [6.07, 6.45) is 0. The highest BCUT2D eigenvalue weighted by Crippen LogP contribution is 2.37. The van der Waals surface area contributed by atoms with E-state index in [1.165, 1.54) is 6.92 Å². The van der Waals surface area contributed by atoms with E-state index in [0.29, 0.717) is 15.1 Å². The first-order valence-electron chi connectivity index (χ1n) is 5.46. The van der Waals surface area contributed by atoms with Crippen molar-refractivity contribution < 1.29 is 9.50 Å². The van der Waals surface area contributed by atoms with Crippen LogP contribution in [0.1, 0.15) is 18.1 Å². The van der Waals surface area contributed by atoms with Gasteiger partial charge in [0.25, 0.3) is 0 Å². The molecule has 0 fully saturated rings. The average molecular weight is 408 g/mol. The topological polar surface area (TPSA) is 20.2 Å². The molecule has 2 rings (SSSR count). The number of benzene rings is 2. The van der Waals surface area contributed by atoms with Gasteiger partial charge in [-0.3, -0.25) is 0 Å². The number of hydrogen-bond donors (Lipinski definition) is 1. The maximum absolute atomic E-state index is 14.1. The average Bonchev–Trinajstić information content (AvgIpc) is 2.31. The van der Waals surface area contributed by atoms with Crippen LogP contribution in [0.25, 0.3) is 0 Å². The third kappa shape index (κ3) is 2.87. The molecular weight excluding hydrogens is 398 g/mol. The van der Waals surface area contributed by atoms with E-state index >= 15 is 0 Å². The van der Waals surface area contributed by atoms with Crippen molar-refractivity contribution >= 4 is 43.5 Å². The molecule has 0 heterocycles. The van der Waals surface area contributed by atoms with Crippen molar-refractivity contribution in [3.63, 3.8) is 0 Å². The van der Waals surface area contributed by atoms with Gasteiger partial charge in [0, 0.05) is 20.6 Å². The van der Waals surface area contributed by atoms with Gasteiger partial charge in [-0.05, 0) is 41.1 Å². The summed E-state index contributed by atoms with van der Waals surface area (Å²) in [6, 6.07) is 9.89. The standard InChI is InChI=1S/C14H10Br2ClFO/c1-14(19,9-6-5-8(15)7-12(9)17)10-3-2-4-11(16)13(10)18/h2-7,19H,1H3. The van der Waals surface area contributed by atoms with Gasteiger partial charge in [0.1, 0.15) is 11.4 Å². The smallest absolute Gasteiger partial charge is 0.143 e. The molecule has 100 valence electrons. The molecule has 1 nitrogen and oxygen atoms in total. The van der Waals surface area contributed by atoms with E-state index < -0.39 is 11.4 Å². The van der Waals surface area contributed by atoms with Crippen molar-refractivity contribution in [2.45, 2.75) is 12.5 Å². The molecule has 0 spiro atoms. The number of hydrogen-bond acceptors (Lipinski definition) is 1. The van der Waals surface area contributed by atoms with Crippen LogP contribution < -0.4 is 0 Å². The van der Waals surface area contributed by atoms with Crippen LogP contribution in [-0.2, 0) is 5.60 Å². The molecule has 0 amide bonds. The maximum Gasteiger partial charge on any atom is 0.143 e. The van der Waals surface area contributed by atoms with Crippen LogP contribution >= 0.6 is 43.5 Å². The highest BCUT2D eigenvalue weighted by Gasteiger charge is 2.31. The Balaban J connectivity index is 2.61. The lowest BCUT2D eigenvalue weighted by Gasteiger charge is -2.26. The predicted octanol–water partition coefficient (Wildman–Crippen LogP) is 5.26. The van der Waals surface area contributed by atoms with Crippen molar-refractivity contribution in [1.29, 1.82) is 0 Å². The zero-order valence-corrected chi connectivity index (χ0v) is 13.9. The Kier molecular flexibility index (Phi) is 4.35. The van der Waals surface area contributed by atoms with E-state index in [-0.39, 0.29) is 5.56 Å². The monoisotopic (exact) mass is 406 g/mol. The molecular formula is C14H10Br2ClFO. The molecule has 0 bridgehead atoms. The molecule has 19 heavy (non-hydrogen) atoms. The molecule has 2 aromatic carbocycles. The first-order chi connectivity index (χ1) is 8.84. The van der Waals surface area contributed by atoms with Crippen LogP contribution in [0.4, 0.5) is 4.39 Å².